The maximum absolute atomic E-state index is 12.0. The largest absolute Gasteiger partial charge is 0.394 e. The second-order valence-corrected chi connectivity index (χ2v) is 5.94. The fourth-order valence-electron chi connectivity index (χ4n) is 2.02. The lowest BCUT2D eigenvalue weighted by Crippen LogP contribution is -2.48. The highest BCUT2D eigenvalue weighted by atomic mass is 16.3. The number of anilines is 1. The number of benzene rings is 1. The molecule has 2 rings (SSSR count). The second kappa shape index (κ2) is 6.62. The zero-order valence-corrected chi connectivity index (χ0v) is 13.1. The first kappa shape index (κ1) is 16.0. The fraction of sp³-hybridized carbons (Fsp3) is 0.375. The standard InChI is InChI=1S/C16H22N4O2/c1-12-9-14(17-15(22)18-16(2,3)11-21)20(19-12)10-13-7-5-4-6-8-13/h4-9,21H,10-11H2,1-3H3,(H2,17,18,22). The van der Waals surface area contributed by atoms with Crippen LogP contribution in [-0.2, 0) is 6.54 Å². The molecule has 118 valence electrons. The molecule has 0 spiro atoms. The van der Waals surface area contributed by atoms with E-state index in [1.54, 1.807) is 18.5 Å². The predicted molar refractivity (Wildman–Crippen MR) is 85.8 cm³/mol. The van der Waals surface area contributed by atoms with Gasteiger partial charge in [-0.25, -0.2) is 9.48 Å². The number of nitrogens with zero attached hydrogens (tertiary/aromatic N) is 2. The lowest BCUT2D eigenvalue weighted by Gasteiger charge is -2.23. The Morgan fingerprint density at radius 1 is 1.32 bits per heavy atom. The molecule has 0 radical (unpaired) electrons. The van der Waals surface area contributed by atoms with Crippen molar-refractivity contribution in [3.05, 3.63) is 47.7 Å². The molecule has 0 aliphatic heterocycles. The van der Waals surface area contributed by atoms with Gasteiger partial charge in [0, 0.05) is 6.07 Å². The number of hydrogen-bond donors (Lipinski definition) is 3. The summed E-state index contributed by atoms with van der Waals surface area (Å²) in [7, 11) is 0. The maximum Gasteiger partial charge on any atom is 0.320 e. The van der Waals surface area contributed by atoms with E-state index < -0.39 is 5.54 Å². The van der Waals surface area contributed by atoms with Crippen molar-refractivity contribution in [2.75, 3.05) is 11.9 Å². The zero-order chi connectivity index (χ0) is 16.2. The molecule has 0 aliphatic rings. The number of nitrogens with one attached hydrogen (secondary N) is 2. The van der Waals surface area contributed by atoms with Crippen molar-refractivity contribution in [2.45, 2.75) is 32.9 Å². The Hall–Kier alpha value is -2.34. The van der Waals surface area contributed by atoms with Crippen LogP contribution in [0.3, 0.4) is 0 Å². The Balaban J connectivity index is 2.10. The van der Waals surface area contributed by atoms with Gasteiger partial charge in [0.1, 0.15) is 5.82 Å². The molecule has 0 unspecified atom stereocenters. The molecule has 1 aromatic carbocycles. The van der Waals surface area contributed by atoms with Gasteiger partial charge >= 0.3 is 6.03 Å². The third-order valence-corrected chi connectivity index (χ3v) is 3.17. The second-order valence-electron chi connectivity index (χ2n) is 5.94. The molecule has 22 heavy (non-hydrogen) atoms. The van der Waals surface area contributed by atoms with E-state index >= 15 is 0 Å². The number of amides is 2. The molecule has 6 nitrogen and oxygen atoms in total. The highest BCUT2D eigenvalue weighted by Gasteiger charge is 2.20. The van der Waals surface area contributed by atoms with E-state index in [-0.39, 0.29) is 12.6 Å². The maximum atomic E-state index is 12.0. The van der Waals surface area contributed by atoms with Crippen molar-refractivity contribution in [1.82, 2.24) is 15.1 Å². The highest BCUT2D eigenvalue weighted by molar-refractivity contribution is 5.88. The molecule has 0 bridgehead atoms. The van der Waals surface area contributed by atoms with Crippen molar-refractivity contribution < 1.29 is 9.90 Å². The third-order valence-electron chi connectivity index (χ3n) is 3.17. The molecular weight excluding hydrogens is 280 g/mol. The van der Waals surface area contributed by atoms with Gasteiger partial charge in [0.2, 0.25) is 0 Å². The molecule has 2 amide bonds. The third kappa shape index (κ3) is 4.33. The lowest BCUT2D eigenvalue weighted by atomic mass is 10.1. The normalized spacial score (nSPS) is 11.3. The van der Waals surface area contributed by atoms with Crippen molar-refractivity contribution in [3.63, 3.8) is 0 Å². The molecule has 0 atom stereocenters. The van der Waals surface area contributed by atoms with Crippen LogP contribution in [0.1, 0.15) is 25.1 Å². The Bertz CT molecular complexity index is 635. The lowest BCUT2D eigenvalue weighted by molar-refractivity contribution is 0.187. The molecule has 0 aliphatic carbocycles. The summed E-state index contributed by atoms with van der Waals surface area (Å²) >= 11 is 0. The van der Waals surface area contributed by atoms with E-state index in [4.69, 9.17) is 0 Å². The predicted octanol–water partition coefficient (Wildman–Crippen LogP) is 2.13. The van der Waals surface area contributed by atoms with Crippen LogP contribution in [0, 0.1) is 6.92 Å². The van der Waals surface area contributed by atoms with Gasteiger partial charge in [0.05, 0.1) is 24.4 Å². The summed E-state index contributed by atoms with van der Waals surface area (Å²) in [5.74, 6) is 0.618. The summed E-state index contributed by atoms with van der Waals surface area (Å²) in [6.45, 7) is 5.82. The van der Waals surface area contributed by atoms with Crippen LogP contribution in [0.5, 0.6) is 0 Å². The minimum absolute atomic E-state index is 0.136. The monoisotopic (exact) mass is 302 g/mol. The molecule has 0 saturated heterocycles. The number of hydrogen-bond acceptors (Lipinski definition) is 3. The number of aliphatic hydroxyl groups excluding tert-OH is 1. The fourth-order valence-corrected chi connectivity index (χ4v) is 2.02. The van der Waals surface area contributed by atoms with Crippen molar-refractivity contribution in [1.29, 1.82) is 0 Å². The van der Waals surface area contributed by atoms with E-state index in [9.17, 15) is 9.90 Å². The molecule has 6 heteroatoms. The smallest absolute Gasteiger partial charge is 0.320 e. The average Bonchev–Trinajstić information content (AvgIpc) is 2.79. The summed E-state index contributed by atoms with van der Waals surface area (Å²) in [4.78, 5) is 12.0. The van der Waals surface area contributed by atoms with Crippen molar-refractivity contribution in [3.8, 4) is 0 Å². The molecule has 0 saturated carbocycles. The van der Waals surface area contributed by atoms with Gasteiger partial charge in [-0.1, -0.05) is 30.3 Å². The van der Waals surface area contributed by atoms with Crippen LogP contribution in [-0.4, -0.2) is 33.1 Å². The number of aromatic nitrogens is 2. The summed E-state index contributed by atoms with van der Waals surface area (Å²) in [5, 5.41) is 19.1. The molecule has 1 heterocycles. The zero-order valence-electron chi connectivity index (χ0n) is 13.1. The minimum Gasteiger partial charge on any atom is -0.394 e. The SMILES string of the molecule is Cc1cc(NC(=O)NC(C)(C)CO)n(Cc2ccccc2)n1. The van der Waals surface area contributed by atoms with E-state index in [1.165, 1.54) is 0 Å². The number of aliphatic hydroxyl groups is 1. The quantitative estimate of drug-likeness (QED) is 0.791. The number of carbonyl (C=O) groups is 1. The van der Waals surface area contributed by atoms with Crippen LogP contribution in [0.4, 0.5) is 10.6 Å². The molecular formula is C16H22N4O2. The van der Waals surface area contributed by atoms with E-state index in [1.807, 2.05) is 43.3 Å². The van der Waals surface area contributed by atoms with Crippen LogP contribution in [0.2, 0.25) is 0 Å². The molecule has 0 fully saturated rings. The van der Waals surface area contributed by atoms with E-state index in [0.717, 1.165) is 11.3 Å². The average molecular weight is 302 g/mol. The number of urea groups is 1. The first-order valence-corrected chi connectivity index (χ1v) is 7.18. The number of aryl methyl sites for hydroxylation is 1. The highest BCUT2D eigenvalue weighted by Crippen LogP contribution is 2.13. The Morgan fingerprint density at radius 2 is 2.00 bits per heavy atom. The van der Waals surface area contributed by atoms with E-state index in [2.05, 4.69) is 15.7 Å². The molecule has 1 aromatic heterocycles. The Labute approximate surface area is 130 Å². The minimum atomic E-state index is -0.677. The summed E-state index contributed by atoms with van der Waals surface area (Å²) in [6.07, 6.45) is 0. The van der Waals surface area contributed by atoms with Gasteiger partial charge in [-0.05, 0) is 26.3 Å². The van der Waals surface area contributed by atoms with Crippen LogP contribution < -0.4 is 10.6 Å². The van der Waals surface area contributed by atoms with Gasteiger partial charge in [-0.2, -0.15) is 5.10 Å². The Morgan fingerprint density at radius 3 is 2.64 bits per heavy atom. The molecule has 3 N–H and O–H groups in total. The number of carbonyl (C=O) groups excluding carboxylic acids is 1. The topological polar surface area (TPSA) is 79.2 Å². The van der Waals surface area contributed by atoms with Crippen LogP contribution in [0.25, 0.3) is 0 Å². The van der Waals surface area contributed by atoms with Crippen molar-refractivity contribution in [2.24, 2.45) is 0 Å². The summed E-state index contributed by atoms with van der Waals surface area (Å²) < 4.78 is 1.75. The Kier molecular flexibility index (Phi) is 4.82. The molecule has 2 aromatic rings. The van der Waals surface area contributed by atoms with Gasteiger partial charge in [0.25, 0.3) is 0 Å². The van der Waals surface area contributed by atoms with Crippen LogP contribution >= 0.6 is 0 Å². The van der Waals surface area contributed by atoms with Crippen LogP contribution in [0.15, 0.2) is 36.4 Å². The van der Waals surface area contributed by atoms with Crippen molar-refractivity contribution >= 4 is 11.8 Å². The number of rotatable bonds is 5. The van der Waals surface area contributed by atoms with E-state index in [0.29, 0.717) is 12.4 Å². The summed E-state index contributed by atoms with van der Waals surface area (Å²) in [5.41, 5.74) is 1.25. The van der Waals surface area contributed by atoms with Gasteiger partial charge < -0.3 is 10.4 Å². The van der Waals surface area contributed by atoms with Gasteiger partial charge in [-0.3, -0.25) is 5.32 Å². The summed E-state index contributed by atoms with van der Waals surface area (Å²) in [6, 6.07) is 11.4. The van der Waals surface area contributed by atoms with Gasteiger partial charge in [-0.15, -0.1) is 0 Å². The first-order valence-electron chi connectivity index (χ1n) is 7.18. The van der Waals surface area contributed by atoms with Gasteiger partial charge in [0.15, 0.2) is 0 Å². The first-order chi connectivity index (χ1) is 10.4.